The van der Waals surface area contributed by atoms with E-state index in [-0.39, 0.29) is 12.1 Å². The second-order valence-electron chi connectivity index (χ2n) is 3.92. The fourth-order valence-corrected chi connectivity index (χ4v) is 1.31. The number of carboxylic acids is 1. The molecule has 1 aromatic heterocycles. The van der Waals surface area contributed by atoms with Crippen molar-refractivity contribution in [3.8, 4) is 0 Å². The number of aliphatic carboxylic acids is 1. The molecular weight excluding hydrogens is 224 g/mol. The summed E-state index contributed by atoms with van der Waals surface area (Å²) in [7, 11) is 0. The summed E-state index contributed by atoms with van der Waals surface area (Å²) in [4.78, 5) is 26.7. The van der Waals surface area contributed by atoms with Crippen molar-refractivity contribution >= 4 is 11.9 Å². The van der Waals surface area contributed by atoms with Crippen LogP contribution in [0.4, 0.5) is 0 Å². The highest BCUT2D eigenvalue weighted by molar-refractivity contribution is 5.96. The molecule has 0 spiro atoms. The average Bonchev–Trinajstić information content (AvgIpc) is 2.76. The summed E-state index contributed by atoms with van der Waals surface area (Å²) in [5, 5.41) is 11.5. The molecule has 6 heteroatoms. The SMILES string of the molecule is CCc1ocnc1C(=O)NC(C)(CC)C(=O)O. The standard InChI is InChI=1S/C11H16N2O4/c1-4-7-8(12-6-17-7)9(14)13-11(3,5-2)10(15)16/h6H,4-5H2,1-3H3,(H,13,14)(H,15,16). The molecular formula is C11H16N2O4. The molecule has 0 aliphatic heterocycles. The Morgan fingerprint density at radius 2 is 2.18 bits per heavy atom. The van der Waals surface area contributed by atoms with Gasteiger partial charge in [0.2, 0.25) is 0 Å². The van der Waals surface area contributed by atoms with Gasteiger partial charge in [0.05, 0.1) is 0 Å². The maximum atomic E-state index is 11.9. The summed E-state index contributed by atoms with van der Waals surface area (Å²) < 4.78 is 5.02. The van der Waals surface area contributed by atoms with E-state index in [0.717, 1.165) is 0 Å². The van der Waals surface area contributed by atoms with Gasteiger partial charge in [-0.15, -0.1) is 0 Å². The monoisotopic (exact) mass is 240 g/mol. The largest absolute Gasteiger partial charge is 0.480 e. The first-order chi connectivity index (χ1) is 7.94. The van der Waals surface area contributed by atoms with Crippen molar-refractivity contribution in [1.82, 2.24) is 10.3 Å². The highest BCUT2D eigenvalue weighted by Crippen LogP contribution is 2.13. The van der Waals surface area contributed by atoms with Crippen LogP contribution in [0.3, 0.4) is 0 Å². The van der Waals surface area contributed by atoms with Gasteiger partial charge in [-0.2, -0.15) is 0 Å². The first kappa shape index (κ1) is 13.2. The van der Waals surface area contributed by atoms with Crippen molar-refractivity contribution in [3.63, 3.8) is 0 Å². The third kappa shape index (κ3) is 2.64. The average molecular weight is 240 g/mol. The van der Waals surface area contributed by atoms with E-state index in [2.05, 4.69) is 10.3 Å². The molecule has 2 N–H and O–H groups in total. The number of amides is 1. The molecule has 0 aliphatic rings. The Balaban J connectivity index is 2.89. The lowest BCUT2D eigenvalue weighted by Crippen LogP contribution is -2.51. The number of carbonyl (C=O) groups excluding carboxylic acids is 1. The molecule has 0 bridgehead atoms. The summed E-state index contributed by atoms with van der Waals surface area (Å²) in [5.74, 6) is -1.15. The molecule has 1 unspecified atom stereocenters. The molecule has 1 aromatic rings. The maximum Gasteiger partial charge on any atom is 0.329 e. The molecule has 1 rings (SSSR count). The summed E-state index contributed by atoms with van der Waals surface area (Å²) in [5.41, 5.74) is -1.14. The molecule has 1 amide bonds. The fraction of sp³-hybridized carbons (Fsp3) is 0.545. The molecule has 0 saturated carbocycles. The Kier molecular flexibility index (Phi) is 3.88. The zero-order valence-electron chi connectivity index (χ0n) is 10.1. The van der Waals surface area contributed by atoms with Crippen LogP contribution in [0.2, 0.25) is 0 Å². The van der Waals surface area contributed by atoms with Gasteiger partial charge in [-0.25, -0.2) is 9.78 Å². The molecule has 0 aliphatic carbocycles. The summed E-state index contributed by atoms with van der Waals surface area (Å²) in [6, 6.07) is 0. The Morgan fingerprint density at radius 3 is 2.65 bits per heavy atom. The number of aryl methyl sites for hydroxylation is 1. The minimum Gasteiger partial charge on any atom is -0.480 e. The summed E-state index contributed by atoms with van der Waals surface area (Å²) >= 11 is 0. The predicted molar refractivity (Wildman–Crippen MR) is 59.7 cm³/mol. The van der Waals surface area contributed by atoms with E-state index >= 15 is 0 Å². The van der Waals surface area contributed by atoms with Crippen LogP contribution in [-0.4, -0.2) is 27.5 Å². The van der Waals surface area contributed by atoms with Crippen molar-refractivity contribution in [2.45, 2.75) is 39.2 Å². The van der Waals surface area contributed by atoms with Gasteiger partial charge in [0, 0.05) is 6.42 Å². The van der Waals surface area contributed by atoms with Crippen LogP contribution >= 0.6 is 0 Å². The van der Waals surface area contributed by atoms with E-state index in [0.29, 0.717) is 12.2 Å². The van der Waals surface area contributed by atoms with Crippen LogP contribution in [0.5, 0.6) is 0 Å². The van der Waals surface area contributed by atoms with Gasteiger partial charge < -0.3 is 14.8 Å². The van der Waals surface area contributed by atoms with Gasteiger partial charge >= 0.3 is 5.97 Å². The number of rotatable bonds is 5. The van der Waals surface area contributed by atoms with E-state index < -0.39 is 17.4 Å². The van der Waals surface area contributed by atoms with E-state index in [9.17, 15) is 9.59 Å². The first-order valence-corrected chi connectivity index (χ1v) is 5.42. The van der Waals surface area contributed by atoms with Crippen LogP contribution in [0.1, 0.15) is 43.4 Å². The van der Waals surface area contributed by atoms with Gasteiger partial charge in [0.15, 0.2) is 12.1 Å². The van der Waals surface area contributed by atoms with Crippen LogP contribution < -0.4 is 5.32 Å². The van der Waals surface area contributed by atoms with E-state index in [4.69, 9.17) is 9.52 Å². The second kappa shape index (κ2) is 4.99. The Bertz CT molecular complexity index is 427. The predicted octanol–water partition coefficient (Wildman–Crippen LogP) is 1.22. The molecule has 1 atom stereocenters. The van der Waals surface area contributed by atoms with Crippen molar-refractivity contribution < 1.29 is 19.1 Å². The normalized spacial score (nSPS) is 14.1. The lowest BCUT2D eigenvalue weighted by atomic mass is 9.99. The van der Waals surface area contributed by atoms with Gasteiger partial charge in [-0.1, -0.05) is 13.8 Å². The molecule has 0 saturated heterocycles. The first-order valence-electron chi connectivity index (χ1n) is 5.42. The number of carboxylic acid groups (broad SMARTS) is 1. The number of hydrogen-bond acceptors (Lipinski definition) is 4. The molecule has 17 heavy (non-hydrogen) atoms. The lowest BCUT2D eigenvalue weighted by Gasteiger charge is -2.24. The zero-order valence-corrected chi connectivity index (χ0v) is 10.1. The highest BCUT2D eigenvalue weighted by Gasteiger charge is 2.34. The second-order valence-corrected chi connectivity index (χ2v) is 3.92. The third-order valence-electron chi connectivity index (χ3n) is 2.75. The Morgan fingerprint density at radius 1 is 1.53 bits per heavy atom. The number of hydrogen-bond donors (Lipinski definition) is 2. The smallest absolute Gasteiger partial charge is 0.329 e. The van der Waals surface area contributed by atoms with Crippen LogP contribution in [-0.2, 0) is 11.2 Å². The number of oxazole rings is 1. The molecule has 0 fully saturated rings. The topological polar surface area (TPSA) is 92.4 Å². The summed E-state index contributed by atoms with van der Waals surface area (Å²) in [6.07, 6.45) is 1.99. The quantitative estimate of drug-likeness (QED) is 0.807. The van der Waals surface area contributed by atoms with Gasteiger partial charge in [-0.3, -0.25) is 4.79 Å². The van der Waals surface area contributed by atoms with E-state index in [1.54, 1.807) is 6.92 Å². The van der Waals surface area contributed by atoms with Gasteiger partial charge in [-0.05, 0) is 13.3 Å². The number of nitrogens with one attached hydrogen (secondary N) is 1. The maximum absolute atomic E-state index is 11.9. The third-order valence-corrected chi connectivity index (χ3v) is 2.75. The van der Waals surface area contributed by atoms with Crippen molar-refractivity contribution in [1.29, 1.82) is 0 Å². The number of carbonyl (C=O) groups is 2. The molecule has 1 heterocycles. The van der Waals surface area contributed by atoms with Gasteiger partial charge in [0.1, 0.15) is 11.3 Å². The van der Waals surface area contributed by atoms with E-state index in [1.165, 1.54) is 13.3 Å². The van der Waals surface area contributed by atoms with Crippen LogP contribution in [0.15, 0.2) is 10.8 Å². The number of nitrogens with zero attached hydrogens (tertiary/aromatic N) is 1. The summed E-state index contributed by atoms with van der Waals surface area (Å²) in [6.45, 7) is 4.98. The van der Waals surface area contributed by atoms with Crippen LogP contribution in [0, 0.1) is 0 Å². The Labute approximate surface area is 99.0 Å². The van der Waals surface area contributed by atoms with Crippen molar-refractivity contribution in [2.24, 2.45) is 0 Å². The fourth-order valence-electron chi connectivity index (χ4n) is 1.31. The van der Waals surface area contributed by atoms with Crippen LogP contribution in [0.25, 0.3) is 0 Å². The van der Waals surface area contributed by atoms with Gasteiger partial charge in [0.25, 0.3) is 5.91 Å². The highest BCUT2D eigenvalue weighted by atomic mass is 16.4. The van der Waals surface area contributed by atoms with Crippen molar-refractivity contribution in [2.75, 3.05) is 0 Å². The molecule has 0 aromatic carbocycles. The van der Waals surface area contributed by atoms with E-state index in [1.807, 2.05) is 6.92 Å². The molecule has 6 nitrogen and oxygen atoms in total. The zero-order chi connectivity index (χ0) is 13.1. The van der Waals surface area contributed by atoms with Crippen molar-refractivity contribution in [3.05, 3.63) is 17.8 Å². The number of aromatic nitrogens is 1. The minimum atomic E-state index is -1.29. The molecule has 0 radical (unpaired) electrons. The lowest BCUT2D eigenvalue weighted by molar-refractivity contribution is -0.143. The molecule has 94 valence electrons. The minimum absolute atomic E-state index is 0.147. The Hall–Kier alpha value is -1.85.